The Morgan fingerprint density at radius 1 is 1.80 bits per heavy atom. The molecule has 0 heterocycles. The number of aliphatic carboxylic acids is 1. The summed E-state index contributed by atoms with van der Waals surface area (Å²) >= 11 is 1.15. The quantitative estimate of drug-likeness (QED) is 0.521. The lowest BCUT2D eigenvalue weighted by Crippen LogP contribution is -2.32. The lowest BCUT2D eigenvalue weighted by molar-refractivity contribution is -0.137. The van der Waals surface area contributed by atoms with Crippen LogP contribution in [0.25, 0.3) is 0 Å². The predicted molar refractivity (Wildman–Crippen MR) is 41.4 cm³/mol. The predicted octanol–water partition coefficient (Wildman–Crippen LogP) is -0.439. The van der Waals surface area contributed by atoms with Crippen LogP contribution in [0, 0.1) is 0 Å². The standard InChI is InChI=1S/C5H10N2O2S/c1-3(6)10-2-4(7)5(8)9/h4H,1-2,6-7H2,(H,8,9). The van der Waals surface area contributed by atoms with Gasteiger partial charge in [-0.25, -0.2) is 0 Å². The first kappa shape index (κ1) is 9.32. The highest BCUT2D eigenvalue weighted by Crippen LogP contribution is 2.07. The van der Waals surface area contributed by atoms with Crippen molar-refractivity contribution in [2.24, 2.45) is 11.5 Å². The molecule has 0 rings (SSSR count). The number of nitrogens with two attached hydrogens (primary N) is 2. The maximum Gasteiger partial charge on any atom is 0.321 e. The first-order valence-electron chi connectivity index (χ1n) is 2.59. The molecule has 4 nitrogen and oxygen atoms in total. The normalized spacial score (nSPS) is 12.5. The summed E-state index contributed by atoms with van der Waals surface area (Å²) in [5.41, 5.74) is 10.3. The monoisotopic (exact) mass is 162 g/mol. The molecule has 0 aliphatic rings. The molecule has 0 aromatic carbocycles. The summed E-state index contributed by atoms with van der Waals surface area (Å²) in [4.78, 5) is 10.1. The Kier molecular flexibility index (Phi) is 3.90. The zero-order valence-corrected chi connectivity index (χ0v) is 6.23. The van der Waals surface area contributed by atoms with Crippen LogP contribution in [-0.4, -0.2) is 22.9 Å². The minimum Gasteiger partial charge on any atom is -0.480 e. The molecule has 1 unspecified atom stereocenters. The number of carboxylic acid groups (broad SMARTS) is 1. The van der Waals surface area contributed by atoms with E-state index in [1.165, 1.54) is 0 Å². The molecule has 1 atom stereocenters. The smallest absolute Gasteiger partial charge is 0.321 e. The van der Waals surface area contributed by atoms with Crippen molar-refractivity contribution >= 4 is 17.7 Å². The fourth-order valence-corrected chi connectivity index (χ4v) is 0.804. The topological polar surface area (TPSA) is 89.3 Å². The van der Waals surface area contributed by atoms with Crippen LogP contribution in [0.15, 0.2) is 11.6 Å². The SMILES string of the molecule is C=C(N)SCC(N)C(=O)O. The molecule has 0 amide bonds. The van der Waals surface area contributed by atoms with E-state index in [1.807, 2.05) is 0 Å². The van der Waals surface area contributed by atoms with E-state index in [9.17, 15) is 4.79 Å². The van der Waals surface area contributed by atoms with Crippen LogP contribution in [0.5, 0.6) is 0 Å². The maximum atomic E-state index is 10.1. The zero-order chi connectivity index (χ0) is 8.15. The van der Waals surface area contributed by atoms with Crippen LogP contribution in [0.2, 0.25) is 0 Å². The Hall–Kier alpha value is -0.680. The second-order valence-corrected chi connectivity index (χ2v) is 2.87. The Morgan fingerprint density at radius 2 is 2.30 bits per heavy atom. The summed E-state index contributed by atoms with van der Waals surface area (Å²) in [6.45, 7) is 3.38. The number of rotatable bonds is 4. The Labute approximate surface area is 63.3 Å². The maximum absolute atomic E-state index is 10.1. The largest absolute Gasteiger partial charge is 0.480 e. The van der Waals surface area contributed by atoms with E-state index in [2.05, 4.69) is 6.58 Å². The third-order valence-corrected chi connectivity index (χ3v) is 1.66. The second kappa shape index (κ2) is 4.19. The first-order valence-corrected chi connectivity index (χ1v) is 3.58. The number of hydrogen-bond donors (Lipinski definition) is 3. The van der Waals surface area contributed by atoms with Gasteiger partial charge in [-0.05, 0) is 0 Å². The minimum absolute atomic E-state index is 0.269. The van der Waals surface area contributed by atoms with Crippen molar-refractivity contribution in [1.82, 2.24) is 0 Å². The molecule has 5 N–H and O–H groups in total. The van der Waals surface area contributed by atoms with Gasteiger partial charge in [-0.3, -0.25) is 4.79 Å². The van der Waals surface area contributed by atoms with Crippen LogP contribution >= 0.6 is 11.8 Å². The highest BCUT2D eigenvalue weighted by molar-refractivity contribution is 8.03. The number of carbonyl (C=O) groups is 1. The van der Waals surface area contributed by atoms with E-state index in [-0.39, 0.29) is 5.75 Å². The van der Waals surface area contributed by atoms with Crippen molar-refractivity contribution in [2.45, 2.75) is 6.04 Å². The average Bonchev–Trinajstić information content (AvgIpc) is 1.82. The van der Waals surface area contributed by atoms with Crippen molar-refractivity contribution in [3.8, 4) is 0 Å². The fourth-order valence-electron chi connectivity index (χ4n) is 0.268. The fraction of sp³-hybridized carbons (Fsp3) is 0.400. The minimum atomic E-state index is -1.02. The van der Waals surface area contributed by atoms with Gasteiger partial charge in [0.05, 0.1) is 5.03 Å². The van der Waals surface area contributed by atoms with Gasteiger partial charge in [-0.1, -0.05) is 6.58 Å². The van der Waals surface area contributed by atoms with E-state index < -0.39 is 12.0 Å². The van der Waals surface area contributed by atoms with Gasteiger partial charge in [0.2, 0.25) is 0 Å². The second-order valence-electron chi connectivity index (χ2n) is 1.72. The average molecular weight is 162 g/mol. The summed E-state index contributed by atoms with van der Waals surface area (Å²) in [5, 5.41) is 8.67. The van der Waals surface area contributed by atoms with E-state index in [4.69, 9.17) is 16.6 Å². The molecule has 0 aromatic rings. The molecular formula is C5H10N2O2S. The Bertz CT molecular complexity index is 149. The lowest BCUT2D eigenvalue weighted by Gasteiger charge is -2.03. The third kappa shape index (κ3) is 4.22. The highest BCUT2D eigenvalue weighted by atomic mass is 32.2. The van der Waals surface area contributed by atoms with Crippen LogP contribution in [0.1, 0.15) is 0 Å². The van der Waals surface area contributed by atoms with Crippen molar-refractivity contribution in [2.75, 3.05) is 5.75 Å². The van der Waals surface area contributed by atoms with Gasteiger partial charge in [-0.15, -0.1) is 11.8 Å². The van der Waals surface area contributed by atoms with Gasteiger partial charge in [0.1, 0.15) is 6.04 Å². The van der Waals surface area contributed by atoms with Crippen LogP contribution < -0.4 is 11.5 Å². The lowest BCUT2D eigenvalue weighted by atomic mass is 10.4. The van der Waals surface area contributed by atoms with Gasteiger partial charge < -0.3 is 16.6 Å². The van der Waals surface area contributed by atoms with Crippen LogP contribution in [0.3, 0.4) is 0 Å². The molecule has 0 saturated carbocycles. The number of carboxylic acids is 1. The van der Waals surface area contributed by atoms with Gasteiger partial charge in [0.15, 0.2) is 0 Å². The van der Waals surface area contributed by atoms with Crippen molar-refractivity contribution in [3.63, 3.8) is 0 Å². The van der Waals surface area contributed by atoms with Gasteiger partial charge in [-0.2, -0.15) is 0 Å². The summed E-state index contributed by atoms with van der Waals surface area (Å²) in [6.07, 6.45) is 0. The summed E-state index contributed by atoms with van der Waals surface area (Å²) < 4.78 is 0. The third-order valence-electron chi connectivity index (χ3n) is 0.765. The van der Waals surface area contributed by atoms with E-state index in [0.717, 1.165) is 11.8 Å². The Morgan fingerprint density at radius 3 is 2.60 bits per heavy atom. The van der Waals surface area contributed by atoms with Gasteiger partial charge >= 0.3 is 5.97 Å². The highest BCUT2D eigenvalue weighted by Gasteiger charge is 2.10. The van der Waals surface area contributed by atoms with Crippen molar-refractivity contribution < 1.29 is 9.90 Å². The summed E-state index contributed by atoms with van der Waals surface area (Å²) in [6, 6.07) is -0.856. The Balaban J connectivity index is 3.49. The molecule has 58 valence electrons. The molecule has 10 heavy (non-hydrogen) atoms. The number of hydrogen-bond acceptors (Lipinski definition) is 4. The molecule has 0 saturated heterocycles. The molecule has 0 bridgehead atoms. The van der Waals surface area contributed by atoms with Crippen LogP contribution in [-0.2, 0) is 4.79 Å². The molecule has 0 aromatic heterocycles. The molecule has 5 heteroatoms. The first-order chi connectivity index (χ1) is 4.54. The molecule has 0 spiro atoms. The van der Waals surface area contributed by atoms with E-state index >= 15 is 0 Å². The molecule has 0 aliphatic carbocycles. The molecule has 0 radical (unpaired) electrons. The van der Waals surface area contributed by atoms with E-state index in [1.54, 1.807) is 0 Å². The summed E-state index contributed by atoms with van der Waals surface area (Å²) in [5.74, 6) is -0.751. The molecular weight excluding hydrogens is 152 g/mol. The molecule has 0 aliphatic heterocycles. The van der Waals surface area contributed by atoms with Gasteiger partial charge in [0, 0.05) is 5.75 Å². The molecule has 0 fully saturated rings. The summed E-state index contributed by atoms with van der Waals surface area (Å²) in [7, 11) is 0. The van der Waals surface area contributed by atoms with Crippen LogP contribution in [0.4, 0.5) is 0 Å². The number of thioether (sulfide) groups is 1. The van der Waals surface area contributed by atoms with Crippen molar-refractivity contribution in [3.05, 3.63) is 11.6 Å². The van der Waals surface area contributed by atoms with Crippen molar-refractivity contribution in [1.29, 1.82) is 0 Å². The van der Waals surface area contributed by atoms with E-state index in [0.29, 0.717) is 5.03 Å². The zero-order valence-electron chi connectivity index (χ0n) is 5.41. The van der Waals surface area contributed by atoms with Gasteiger partial charge in [0.25, 0.3) is 0 Å².